The lowest BCUT2D eigenvalue weighted by atomic mass is 9.91. The first kappa shape index (κ1) is 23.4. The monoisotopic (exact) mass is 452 g/mol. The van der Waals surface area contributed by atoms with Crippen molar-refractivity contribution in [2.24, 2.45) is 16.6 Å². The number of carbonyl (C=O) groups is 1. The van der Waals surface area contributed by atoms with Gasteiger partial charge in [0.2, 0.25) is 5.96 Å². The fraction of sp³-hybridized carbons (Fsp3) is 0.227. The summed E-state index contributed by atoms with van der Waals surface area (Å²) < 4.78 is 19.9. The Labute approximate surface area is 189 Å². The number of nitrogens with zero attached hydrogens (tertiary/aromatic N) is 4. The maximum absolute atomic E-state index is 13.3. The molecule has 1 aliphatic rings. The highest BCUT2D eigenvalue weighted by molar-refractivity contribution is 6.05. The molecule has 0 aliphatic carbocycles. The minimum atomic E-state index is -0.464. The van der Waals surface area contributed by atoms with E-state index in [-0.39, 0.29) is 17.6 Å². The van der Waals surface area contributed by atoms with Crippen molar-refractivity contribution >= 4 is 23.5 Å². The molecule has 0 spiro atoms. The maximum Gasteiger partial charge on any atom is 0.338 e. The number of carbonyl (C=O) groups excluding carboxylic acids is 1. The lowest BCUT2D eigenvalue weighted by molar-refractivity contribution is -0.136. The van der Waals surface area contributed by atoms with Crippen molar-refractivity contribution in [3.63, 3.8) is 0 Å². The van der Waals surface area contributed by atoms with Gasteiger partial charge < -0.3 is 15.8 Å². The second-order valence-corrected chi connectivity index (χ2v) is 7.39. The van der Waals surface area contributed by atoms with Crippen molar-refractivity contribution in [3.8, 4) is 0 Å². The molecule has 33 heavy (non-hydrogen) atoms. The molecule has 172 valence electrons. The Morgan fingerprint density at radius 3 is 2.45 bits per heavy atom. The van der Waals surface area contributed by atoms with Gasteiger partial charge in [0.1, 0.15) is 11.7 Å². The van der Waals surface area contributed by atoms with E-state index in [9.17, 15) is 9.18 Å². The molecule has 10 nitrogen and oxygen atoms in total. The van der Waals surface area contributed by atoms with E-state index in [0.717, 1.165) is 0 Å². The number of halogens is 1. The Hall–Kier alpha value is -4.28. The first-order valence-corrected chi connectivity index (χ1v) is 10.1. The van der Waals surface area contributed by atoms with Crippen LogP contribution in [0.3, 0.4) is 0 Å². The molecule has 11 heteroatoms. The summed E-state index contributed by atoms with van der Waals surface area (Å²) in [4.78, 5) is 17.1. The maximum atomic E-state index is 13.3. The van der Waals surface area contributed by atoms with Gasteiger partial charge in [0.15, 0.2) is 0 Å². The van der Waals surface area contributed by atoms with Crippen molar-refractivity contribution in [2.45, 2.75) is 19.9 Å². The minimum absolute atomic E-state index is 0.0162. The van der Waals surface area contributed by atoms with Crippen LogP contribution in [0.2, 0.25) is 0 Å². The van der Waals surface area contributed by atoms with E-state index in [1.165, 1.54) is 19.2 Å². The predicted octanol–water partition coefficient (Wildman–Crippen LogP) is 2.13. The molecular formula is C22H25FN8O2. The highest BCUT2D eigenvalue weighted by atomic mass is 19.1. The minimum Gasteiger partial charge on any atom is -0.466 e. The molecule has 5 N–H and O–H groups in total. The van der Waals surface area contributed by atoms with Crippen LogP contribution in [0.1, 0.15) is 25.1 Å². The van der Waals surface area contributed by atoms with Gasteiger partial charge in [-0.3, -0.25) is 10.5 Å². The van der Waals surface area contributed by atoms with Crippen LogP contribution >= 0.6 is 0 Å². The Bertz CT molecular complexity index is 1150. The number of benzene rings is 1. The number of aliphatic imine (C=N–C) groups is 1. The van der Waals surface area contributed by atoms with Gasteiger partial charge in [-0.05, 0) is 47.9 Å². The van der Waals surface area contributed by atoms with Gasteiger partial charge >= 0.3 is 5.97 Å². The number of methoxy groups -OCH3 is 1. The molecule has 0 saturated heterocycles. The Morgan fingerprint density at radius 1 is 1.24 bits per heavy atom. The molecule has 0 amide bonds. The third-order valence-electron chi connectivity index (χ3n) is 4.75. The van der Waals surface area contributed by atoms with Gasteiger partial charge in [0.05, 0.1) is 30.1 Å². The SMILES string of the molecule is COC(=O)C1=C(c2ccc(F)cc2)NC(n2cccn2)=NC1C(C)C.N=C(N)c1ccn[nH]1. The van der Waals surface area contributed by atoms with Crippen molar-refractivity contribution in [1.29, 1.82) is 5.41 Å². The number of hydrogen-bond donors (Lipinski definition) is 4. The van der Waals surface area contributed by atoms with Gasteiger partial charge in [0, 0.05) is 18.6 Å². The van der Waals surface area contributed by atoms with E-state index in [2.05, 4.69) is 25.6 Å². The molecular weight excluding hydrogens is 427 g/mol. The third-order valence-corrected chi connectivity index (χ3v) is 4.75. The van der Waals surface area contributed by atoms with E-state index in [1.54, 1.807) is 47.5 Å². The number of nitrogens with two attached hydrogens (primary N) is 1. The van der Waals surface area contributed by atoms with Gasteiger partial charge in [0.25, 0.3) is 0 Å². The highest BCUT2D eigenvalue weighted by Gasteiger charge is 2.33. The number of amidine groups is 1. The first-order chi connectivity index (χ1) is 15.8. The van der Waals surface area contributed by atoms with Crippen LogP contribution in [0, 0.1) is 17.1 Å². The van der Waals surface area contributed by atoms with E-state index < -0.39 is 12.0 Å². The normalized spacial score (nSPS) is 15.3. The quantitative estimate of drug-likeness (QED) is 0.271. The van der Waals surface area contributed by atoms with Crippen LogP contribution in [0.5, 0.6) is 0 Å². The first-order valence-electron chi connectivity index (χ1n) is 10.1. The Morgan fingerprint density at radius 2 is 1.97 bits per heavy atom. The molecule has 0 saturated carbocycles. The number of rotatable bonds is 4. The highest BCUT2D eigenvalue weighted by Crippen LogP contribution is 2.29. The molecule has 3 heterocycles. The van der Waals surface area contributed by atoms with Crippen LogP contribution in [-0.4, -0.2) is 50.9 Å². The predicted molar refractivity (Wildman–Crippen MR) is 122 cm³/mol. The lowest BCUT2D eigenvalue weighted by Gasteiger charge is -2.29. The van der Waals surface area contributed by atoms with Crippen molar-refractivity contribution in [3.05, 3.63) is 77.6 Å². The van der Waals surface area contributed by atoms with Gasteiger partial charge in [-0.1, -0.05) is 13.8 Å². The lowest BCUT2D eigenvalue weighted by Crippen LogP contribution is -2.40. The number of nitrogen functional groups attached to an aromatic ring is 1. The summed E-state index contributed by atoms with van der Waals surface area (Å²) in [6, 6.07) is 8.95. The smallest absolute Gasteiger partial charge is 0.338 e. The van der Waals surface area contributed by atoms with Crippen LogP contribution < -0.4 is 11.1 Å². The molecule has 1 aliphatic heterocycles. The summed E-state index contributed by atoms with van der Waals surface area (Å²) in [6.07, 6.45) is 4.96. The Balaban J connectivity index is 0.000000323. The molecule has 0 radical (unpaired) electrons. The number of H-pyrrole nitrogens is 1. The standard InChI is InChI=1S/C18H19FN4O2.C4H6N4/c1-11(2)15-14(17(24)25-3)16(12-5-7-13(19)8-6-12)22-18(21-15)23-10-4-9-20-23;5-4(6)3-1-2-7-8-3/h4-11,15H,1-3H3,(H,21,22);1-2H,(H3,5,6)(H,7,8). The number of esters is 1. The molecule has 1 unspecified atom stereocenters. The van der Waals surface area contributed by atoms with Gasteiger partial charge in [-0.15, -0.1) is 0 Å². The fourth-order valence-corrected chi connectivity index (χ4v) is 3.13. The summed E-state index contributed by atoms with van der Waals surface area (Å²) in [6.45, 7) is 3.96. The Kier molecular flexibility index (Phi) is 7.34. The largest absolute Gasteiger partial charge is 0.466 e. The summed E-state index contributed by atoms with van der Waals surface area (Å²) in [5, 5.41) is 20.3. The number of ether oxygens (including phenoxy) is 1. The average molecular weight is 452 g/mol. The second kappa shape index (κ2) is 10.4. The number of nitrogens with one attached hydrogen (secondary N) is 3. The van der Waals surface area contributed by atoms with Crippen LogP contribution in [0.4, 0.5) is 4.39 Å². The molecule has 0 bridgehead atoms. The average Bonchev–Trinajstić information content (AvgIpc) is 3.53. The van der Waals surface area contributed by atoms with Gasteiger partial charge in [-0.2, -0.15) is 10.2 Å². The summed E-state index contributed by atoms with van der Waals surface area (Å²) in [5.41, 5.74) is 7.27. The number of aromatic amines is 1. The third kappa shape index (κ3) is 5.50. The molecule has 1 atom stereocenters. The molecule has 3 aromatic rings. The van der Waals surface area contributed by atoms with E-state index in [0.29, 0.717) is 28.5 Å². The number of aromatic nitrogens is 4. The van der Waals surface area contributed by atoms with E-state index >= 15 is 0 Å². The van der Waals surface area contributed by atoms with E-state index in [4.69, 9.17) is 15.9 Å². The zero-order valence-electron chi connectivity index (χ0n) is 18.4. The molecule has 2 aromatic heterocycles. The zero-order chi connectivity index (χ0) is 24.0. The van der Waals surface area contributed by atoms with Crippen molar-refractivity contribution in [1.82, 2.24) is 25.3 Å². The van der Waals surface area contributed by atoms with Gasteiger partial charge in [-0.25, -0.2) is 18.9 Å². The van der Waals surface area contributed by atoms with Crippen LogP contribution in [0.25, 0.3) is 5.70 Å². The van der Waals surface area contributed by atoms with Crippen molar-refractivity contribution in [2.75, 3.05) is 7.11 Å². The number of hydrogen-bond acceptors (Lipinski definition) is 7. The second-order valence-electron chi connectivity index (χ2n) is 7.39. The van der Waals surface area contributed by atoms with Crippen LogP contribution in [-0.2, 0) is 9.53 Å². The zero-order valence-corrected chi connectivity index (χ0v) is 18.4. The molecule has 4 rings (SSSR count). The van der Waals surface area contributed by atoms with E-state index in [1.807, 2.05) is 13.8 Å². The summed E-state index contributed by atoms with van der Waals surface area (Å²) in [5.74, 6) is -0.245. The summed E-state index contributed by atoms with van der Waals surface area (Å²) >= 11 is 0. The van der Waals surface area contributed by atoms with Crippen molar-refractivity contribution < 1.29 is 13.9 Å². The fourth-order valence-electron chi connectivity index (χ4n) is 3.13. The topological polar surface area (TPSA) is 147 Å². The molecule has 1 aromatic carbocycles. The summed E-state index contributed by atoms with van der Waals surface area (Å²) in [7, 11) is 1.34. The molecule has 0 fully saturated rings. The van der Waals surface area contributed by atoms with Crippen LogP contribution in [0.15, 0.2) is 65.6 Å².